The van der Waals surface area contributed by atoms with E-state index in [1.54, 1.807) is 55.5 Å². The minimum absolute atomic E-state index is 0. The molecule has 4 N–H and O–H groups in total. The van der Waals surface area contributed by atoms with Gasteiger partial charge in [-0.2, -0.15) is 0 Å². The van der Waals surface area contributed by atoms with Crippen LogP contribution in [0, 0.1) is 0 Å². The summed E-state index contributed by atoms with van der Waals surface area (Å²) in [5, 5.41) is 8.60. The lowest BCUT2D eigenvalue weighted by Gasteiger charge is -2.04. The minimum atomic E-state index is -0.319. The zero-order valence-corrected chi connectivity index (χ0v) is 16.3. The molecular weight excluding hydrogens is 360 g/mol. The molecule has 0 saturated carbocycles. The van der Waals surface area contributed by atoms with E-state index >= 15 is 0 Å². The number of benzene rings is 2. The van der Waals surface area contributed by atoms with Crippen molar-refractivity contribution in [3.8, 4) is 0 Å². The van der Waals surface area contributed by atoms with Gasteiger partial charge in [-0.15, -0.1) is 0 Å². The summed E-state index contributed by atoms with van der Waals surface area (Å²) >= 11 is 0. The van der Waals surface area contributed by atoms with Crippen LogP contribution in [0.3, 0.4) is 0 Å². The lowest BCUT2D eigenvalue weighted by Crippen LogP contribution is -2.06. The van der Waals surface area contributed by atoms with E-state index in [-0.39, 0.29) is 14.8 Å². The lowest BCUT2D eigenvalue weighted by atomic mass is 10.2. The molecule has 0 aromatic heterocycles. The highest BCUT2D eigenvalue weighted by Crippen LogP contribution is 2.10. The quantitative estimate of drug-likeness (QED) is 0.257. The molecule has 0 aliphatic rings. The van der Waals surface area contributed by atoms with E-state index in [0.29, 0.717) is 35.7 Å². The van der Waals surface area contributed by atoms with Gasteiger partial charge in [-0.1, -0.05) is 19.8 Å². The normalized spacial score (nSPS) is 9.68. The van der Waals surface area contributed by atoms with Crippen LogP contribution in [-0.2, 0) is 9.47 Å². The Labute approximate surface area is 168 Å². The number of esters is 2. The summed E-state index contributed by atoms with van der Waals surface area (Å²) in [5.74, 6) is -0.627. The number of nitrogens with two attached hydrogens (primary N) is 1. The first kappa shape index (κ1) is 23.0. The average molecular weight is 392 g/mol. The number of hydrogen-bond acceptors (Lipinski definition) is 7. The number of hydrogen-bond donors (Lipinski definition) is 3. The van der Waals surface area contributed by atoms with Crippen molar-refractivity contribution < 1.29 is 27.1 Å². The number of unbranched alkanes of at least 4 members (excludes halogenated alkanes) is 2. The molecule has 7 nitrogen and oxygen atoms in total. The summed E-state index contributed by atoms with van der Waals surface area (Å²) in [5.41, 5.74) is 9.66. The van der Waals surface area contributed by atoms with E-state index in [9.17, 15) is 9.59 Å². The Morgan fingerprint density at radius 3 is 1.96 bits per heavy atom. The smallest absolute Gasteiger partial charge is 0.338 e. The fourth-order valence-electron chi connectivity index (χ4n) is 2.11. The third-order valence-corrected chi connectivity index (χ3v) is 3.65. The summed E-state index contributed by atoms with van der Waals surface area (Å²) in [6.07, 6.45) is 3.08. The van der Waals surface area contributed by atoms with Crippen LogP contribution in [0.1, 0.15) is 56.7 Å². The standard InChI is InChI=1S/C12H17NO3.C9H11NO2.2H2/c1-2-3-4-9-16-12(14)10-5-7-11(13-15)8-6-10;1-2-12-9(11)7-3-5-8(10)6-4-7;;/h5-8,13,15H,2-4,9H2,1H3;3-6H,2,10H2,1H3;2*1H. The van der Waals surface area contributed by atoms with Gasteiger partial charge < -0.3 is 15.2 Å². The highest BCUT2D eigenvalue weighted by atomic mass is 16.5. The SMILES string of the molecule is CCCCCOC(=O)c1ccc(NO)cc1.CCOC(=O)c1ccc(N)cc1.[HH].[HH]. The van der Waals surface area contributed by atoms with Crippen molar-refractivity contribution in [2.75, 3.05) is 24.4 Å². The van der Waals surface area contributed by atoms with E-state index in [2.05, 4.69) is 6.92 Å². The average Bonchev–Trinajstić information content (AvgIpc) is 2.72. The van der Waals surface area contributed by atoms with Gasteiger partial charge in [-0.25, -0.2) is 9.59 Å². The van der Waals surface area contributed by atoms with Gasteiger partial charge in [0.1, 0.15) is 0 Å². The van der Waals surface area contributed by atoms with Crippen molar-refractivity contribution in [3.63, 3.8) is 0 Å². The monoisotopic (exact) mass is 392 g/mol. The highest BCUT2D eigenvalue weighted by Gasteiger charge is 2.06. The number of rotatable bonds is 8. The van der Waals surface area contributed by atoms with Crippen LogP contribution < -0.4 is 11.2 Å². The molecule has 156 valence electrons. The number of nitrogen functional groups attached to an aromatic ring is 1. The fourth-order valence-corrected chi connectivity index (χ4v) is 2.11. The molecule has 0 aliphatic carbocycles. The first-order valence-electron chi connectivity index (χ1n) is 9.21. The Balaban J connectivity index is 0. The predicted octanol–water partition coefficient (Wildman–Crippen LogP) is 4.77. The number of anilines is 2. The van der Waals surface area contributed by atoms with Gasteiger partial charge in [0, 0.05) is 8.54 Å². The van der Waals surface area contributed by atoms with Crippen molar-refractivity contribution in [1.82, 2.24) is 0 Å². The molecule has 0 unspecified atom stereocenters. The molecule has 2 aromatic carbocycles. The Kier molecular flexibility index (Phi) is 10.8. The fraction of sp³-hybridized carbons (Fsp3) is 0.333. The van der Waals surface area contributed by atoms with Crippen molar-refractivity contribution in [2.24, 2.45) is 0 Å². The molecule has 28 heavy (non-hydrogen) atoms. The molecule has 0 heterocycles. The van der Waals surface area contributed by atoms with E-state index in [1.165, 1.54) is 0 Å². The summed E-state index contributed by atoms with van der Waals surface area (Å²) in [7, 11) is 0. The number of carbonyl (C=O) groups excluding carboxylic acids is 2. The highest BCUT2D eigenvalue weighted by molar-refractivity contribution is 5.90. The van der Waals surface area contributed by atoms with Gasteiger partial charge in [0.25, 0.3) is 0 Å². The Bertz CT molecular complexity index is 725. The lowest BCUT2D eigenvalue weighted by molar-refractivity contribution is 0.0495. The third-order valence-electron chi connectivity index (χ3n) is 3.65. The molecule has 7 heteroatoms. The minimum Gasteiger partial charge on any atom is -0.462 e. The summed E-state index contributed by atoms with van der Waals surface area (Å²) in [6.45, 7) is 4.73. The zero-order valence-electron chi connectivity index (χ0n) is 16.3. The summed E-state index contributed by atoms with van der Waals surface area (Å²) in [6, 6.07) is 13.1. The van der Waals surface area contributed by atoms with E-state index < -0.39 is 0 Å². The second-order valence-electron chi connectivity index (χ2n) is 5.87. The first-order valence-corrected chi connectivity index (χ1v) is 9.21. The molecule has 0 radical (unpaired) electrons. The molecule has 0 atom stereocenters. The van der Waals surface area contributed by atoms with E-state index in [4.69, 9.17) is 20.4 Å². The molecule has 0 bridgehead atoms. The Morgan fingerprint density at radius 1 is 0.929 bits per heavy atom. The van der Waals surface area contributed by atoms with Gasteiger partial charge in [-0.05, 0) is 61.9 Å². The molecule has 0 spiro atoms. The third kappa shape index (κ3) is 8.55. The second-order valence-corrected chi connectivity index (χ2v) is 5.87. The van der Waals surface area contributed by atoms with Crippen LogP contribution >= 0.6 is 0 Å². The molecule has 0 amide bonds. The van der Waals surface area contributed by atoms with Crippen molar-refractivity contribution >= 4 is 23.3 Å². The van der Waals surface area contributed by atoms with Crippen LogP contribution in [0.2, 0.25) is 0 Å². The second kappa shape index (κ2) is 13.2. The summed E-state index contributed by atoms with van der Waals surface area (Å²) in [4.78, 5) is 22.6. The molecule has 0 fully saturated rings. The maximum Gasteiger partial charge on any atom is 0.338 e. The van der Waals surface area contributed by atoms with Crippen LogP contribution in [0.15, 0.2) is 48.5 Å². The van der Waals surface area contributed by atoms with Gasteiger partial charge in [0.2, 0.25) is 0 Å². The molecular formula is C21H32N2O5. The summed E-state index contributed by atoms with van der Waals surface area (Å²) < 4.78 is 9.87. The number of carbonyl (C=O) groups is 2. The number of ether oxygens (including phenoxy) is 2. The molecule has 2 aromatic rings. The van der Waals surface area contributed by atoms with Crippen molar-refractivity contribution in [3.05, 3.63) is 59.7 Å². The zero-order chi connectivity index (χ0) is 20.8. The van der Waals surface area contributed by atoms with Crippen LogP contribution in [-0.4, -0.2) is 30.4 Å². The topological polar surface area (TPSA) is 111 Å². The molecule has 0 saturated heterocycles. The van der Waals surface area contributed by atoms with Crippen LogP contribution in [0.25, 0.3) is 0 Å². The largest absolute Gasteiger partial charge is 0.462 e. The van der Waals surface area contributed by atoms with Crippen LogP contribution in [0.5, 0.6) is 0 Å². The Hall–Kier alpha value is -3.06. The maximum absolute atomic E-state index is 11.5. The van der Waals surface area contributed by atoms with E-state index in [1.807, 2.05) is 5.48 Å². The maximum atomic E-state index is 11.5. The van der Waals surface area contributed by atoms with Crippen LogP contribution in [0.4, 0.5) is 11.4 Å². The van der Waals surface area contributed by atoms with Gasteiger partial charge in [0.05, 0.1) is 30.0 Å². The number of nitrogens with one attached hydrogen (secondary N) is 1. The predicted molar refractivity (Wildman–Crippen MR) is 113 cm³/mol. The van der Waals surface area contributed by atoms with Gasteiger partial charge in [-0.3, -0.25) is 10.7 Å². The van der Waals surface area contributed by atoms with Crippen molar-refractivity contribution in [2.45, 2.75) is 33.1 Å². The Morgan fingerprint density at radius 2 is 1.46 bits per heavy atom. The molecule has 2 rings (SSSR count). The first-order chi connectivity index (χ1) is 13.5. The van der Waals surface area contributed by atoms with Gasteiger partial charge >= 0.3 is 11.9 Å². The van der Waals surface area contributed by atoms with Crippen molar-refractivity contribution in [1.29, 1.82) is 0 Å². The van der Waals surface area contributed by atoms with Gasteiger partial charge in [0.15, 0.2) is 0 Å². The molecule has 0 aliphatic heterocycles. The van der Waals surface area contributed by atoms with E-state index in [0.717, 1.165) is 19.3 Å².